The van der Waals surface area contributed by atoms with Crippen molar-refractivity contribution in [3.63, 3.8) is 0 Å². The molecule has 7 heteroatoms. The summed E-state index contributed by atoms with van der Waals surface area (Å²) in [7, 11) is 3.04. The third-order valence-corrected chi connectivity index (χ3v) is 4.09. The molecule has 2 rings (SSSR count). The van der Waals surface area contributed by atoms with Gasteiger partial charge in [-0.25, -0.2) is 0 Å². The van der Waals surface area contributed by atoms with Crippen molar-refractivity contribution in [2.24, 2.45) is 0 Å². The molecule has 23 heavy (non-hydrogen) atoms. The van der Waals surface area contributed by atoms with E-state index in [1.54, 1.807) is 12.1 Å². The summed E-state index contributed by atoms with van der Waals surface area (Å²) in [5.41, 5.74) is 0.748. The van der Waals surface area contributed by atoms with Crippen molar-refractivity contribution in [1.29, 1.82) is 0 Å². The lowest BCUT2D eigenvalue weighted by atomic mass is 9.97. The first-order chi connectivity index (χ1) is 11.0. The van der Waals surface area contributed by atoms with Crippen LogP contribution in [-0.4, -0.2) is 51.5 Å². The lowest BCUT2D eigenvalue weighted by Gasteiger charge is -2.36. The Morgan fingerprint density at radius 3 is 2.43 bits per heavy atom. The molecule has 0 unspecified atom stereocenters. The molecule has 0 amide bonds. The maximum Gasteiger partial charge on any atom is 0.389 e. The number of alkyl halides is 3. The number of halogens is 3. The van der Waals surface area contributed by atoms with E-state index < -0.39 is 12.6 Å². The summed E-state index contributed by atoms with van der Waals surface area (Å²) in [6.45, 7) is 2.97. The molecule has 1 aliphatic heterocycles. The van der Waals surface area contributed by atoms with Crippen molar-refractivity contribution in [3.8, 4) is 11.5 Å². The monoisotopic (exact) mass is 332 g/mol. The fourth-order valence-corrected chi connectivity index (χ4v) is 3.00. The topological polar surface area (TPSA) is 33.7 Å². The first kappa shape index (κ1) is 17.9. The van der Waals surface area contributed by atoms with Crippen LogP contribution >= 0.6 is 0 Å². The lowest BCUT2D eigenvalue weighted by molar-refractivity contribution is -0.138. The molecular formula is C16H23F3N2O2. The average molecular weight is 332 g/mol. The number of methoxy groups -OCH3 is 2. The molecule has 1 atom stereocenters. The van der Waals surface area contributed by atoms with Gasteiger partial charge in [0.1, 0.15) is 0 Å². The molecule has 0 aliphatic carbocycles. The minimum atomic E-state index is -4.17. The smallest absolute Gasteiger partial charge is 0.389 e. The van der Waals surface area contributed by atoms with Gasteiger partial charge in [-0.05, 0) is 12.5 Å². The van der Waals surface area contributed by atoms with Gasteiger partial charge in [0.25, 0.3) is 0 Å². The highest BCUT2D eigenvalue weighted by Gasteiger charge is 2.32. The van der Waals surface area contributed by atoms with Crippen molar-refractivity contribution >= 4 is 0 Å². The van der Waals surface area contributed by atoms with Crippen molar-refractivity contribution in [2.45, 2.75) is 25.1 Å². The van der Waals surface area contributed by atoms with E-state index in [0.29, 0.717) is 24.6 Å². The fourth-order valence-electron chi connectivity index (χ4n) is 3.00. The number of benzene rings is 1. The fraction of sp³-hybridized carbons (Fsp3) is 0.625. The van der Waals surface area contributed by atoms with Crippen LogP contribution in [0.25, 0.3) is 0 Å². The molecule has 1 aromatic rings. The highest BCUT2D eigenvalue weighted by molar-refractivity contribution is 5.48. The van der Waals surface area contributed by atoms with Crippen LogP contribution in [0.1, 0.15) is 24.4 Å². The van der Waals surface area contributed by atoms with Gasteiger partial charge in [-0.2, -0.15) is 13.2 Å². The molecule has 4 nitrogen and oxygen atoms in total. The Bertz CT molecular complexity index is 503. The van der Waals surface area contributed by atoms with Gasteiger partial charge in [0.15, 0.2) is 11.5 Å². The van der Waals surface area contributed by atoms with Crippen LogP contribution in [0, 0.1) is 0 Å². The van der Waals surface area contributed by atoms with Crippen LogP contribution in [0.5, 0.6) is 11.5 Å². The summed E-state index contributed by atoms with van der Waals surface area (Å²) in [5.74, 6) is 1.05. The van der Waals surface area contributed by atoms with Gasteiger partial charge in [-0.1, -0.05) is 12.1 Å². The number of hydrogen-bond donors (Lipinski definition) is 1. The van der Waals surface area contributed by atoms with Crippen LogP contribution in [0.3, 0.4) is 0 Å². The molecule has 1 heterocycles. The largest absolute Gasteiger partial charge is 0.493 e. The molecule has 0 bridgehead atoms. The third kappa shape index (κ3) is 4.75. The van der Waals surface area contributed by atoms with Gasteiger partial charge in [0.05, 0.1) is 14.2 Å². The zero-order valence-electron chi connectivity index (χ0n) is 13.4. The molecule has 1 N–H and O–H groups in total. The molecule has 1 fully saturated rings. The number of piperazine rings is 1. The van der Waals surface area contributed by atoms with Gasteiger partial charge >= 0.3 is 6.18 Å². The Kier molecular flexibility index (Phi) is 6.12. The van der Waals surface area contributed by atoms with Crippen LogP contribution in [0.15, 0.2) is 18.2 Å². The average Bonchev–Trinajstić information content (AvgIpc) is 2.54. The van der Waals surface area contributed by atoms with Gasteiger partial charge < -0.3 is 14.8 Å². The SMILES string of the molecule is COc1cccc([C@@H](CCC(F)(F)F)N2CCNCC2)c1OC. The number of para-hydroxylation sites is 1. The lowest BCUT2D eigenvalue weighted by Crippen LogP contribution is -2.45. The summed E-state index contributed by atoms with van der Waals surface area (Å²) in [4.78, 5) is 2.08. The van der Waals surface area contributed by atoms with E-state index >= 15 is 0 Å². The number of rotatable bonds is 6. The highest BCUT2D eigenvalue weighted by Crippen LogP contribution is 2.40. The van der Waals surface area contributed by atoms with Gasteiger partial charge in [-0.15, -0.1) is 0 Å². The third-order valence-electron chi connectivity index (χ3n) is 4.09. The summed E-state index contributed by atoms with van der Waals surface area (Å²) >= 11 is 0. The van der Waals surface area contributed by atoms with E-state index in [2.05, 4.69) is 10.2 Å². The van der Waals surface area contributed by atoms with Gasteiger partial charge in [0, 0.05) is 44.2 Å². The standard InChI is InChI=1S/C16H23F3N2O2/c1-22-14-5-3-4-12(15(14)23-2)13(6-7-16(17,18)19)21-10-8-20-9-11-21/h3-5,13,20H,6-11H2,1-2H3/t13-/m1/s1. The van der Waals surface area contributed by atoms with Crippen LogP contribution in [-0.2, 0) is 0 Å². The Hall–Kier alpha value is -1.47. The van der Waals surface area contributed by atoms with E-state index in [0.717, 1.165) is 18.7 Å². The summed E-state index contributed by atoms with van der Waals surface area (Å²) in [5, 5.41) is 3.22. The van der Waals surface area contributed by atoms with E-state index in [1.807, 2.05) is 6.07 Å². The molecule has 1 aromatic carbocycles. The van der Waals surface area contributed by atoms with Crippen LogP contribution in [0.4, 0.5) is 13.2 Å². The predicted octanol–water partition coefficient (Wildman–Crippen LogP) is 2.99. The van der Waals surface area contributed by atoms with Crippen molar-refractivity contribution < 1.29 is 22.6 Å². The number of hydrogen-bond acceptors (Lipinski definition) is 4. The molecule has 0 spiro atoms. The highest BCUT2D eigenvalue weighted by atomic mass is 19.4. The molecule has 1 aliphatic rings. The Morgan fingerprint density at radius 2 is 1.87 bits per heavy atom. The Balaban J connectivity index is 2.32. The summed E-state index contributed by atoms with van der Waals surface area (Å²) in [6.07, 6.45) is -4.98. The van der Waals surface area contributed by atoms with E-state index in [9.17, 15) is 13.2 Å². The normalized spacial score (nSPS) is 17.8. The second-order valence-electron chi connectivity index (χ2n) is 5.54. The van der Waals surface area contributed by atoms with E-state index in [1.165, 1.54) is 14.2 Å². The first-order valence-corrected chi connectivity index (χ1v) is 7.68. The molecule has 130 valence electrons. The number of ether oxygens (including phenoxy) is 2. The predicted molar refractivity (Wildman–Crippen MR) is 82.0 cm³/mol. The van der Waals surface area contributed by atoms with Crippen LogP contribution in [0.2, 0.25) is 0 Å². The van der Waals surface area contributed by atoms with Crippen molar-refractivity contribution in [3.05, 3.63) is 23.8 Å². The van der Waals surface area contributed by atoms with Gasteiger partial charge in [-0.3, -0.25) is 4.90 Å². The minimum Gasteiger partial charge on any atom is -0.493 e. The maximum atomic E-state index is 12.7. The van der Waals surface area contributed by atoms with Crippen molar-refractivity contribution in [2.75, 3.05) is 40.4 Å². The molecular weight excluding hydrogens is 309 g/mol. The molecule has 0 saturated carbocycles. The first-order valence-electron chi connectivity index (χ1n) is 7.68. The summed E-state index contributed by atoms with van der Waals surface area (Å²) < 4.78 is 48.9. The quantitative estimate of drug-likeness (QED) is 0.868. The Morgan fingerprint density at radius 1 is 1.17 bits per heavy atom. The van der Waals surface area contributed by atoms with Crippen LogP contribution < -0.4 is 14.8 Å². The minimum absolute atomic E-state index is 0.00697. The zero-order valence-corrected chi connectivity index (χ0v) is 13.4. The summed E-state index contributed by atoms with van der Waals surface area (Å²) in [6, 6.07) is 5.02. The van der Waals surface area contributed by atoms with E-state index in [4.69, 9.17) is 9.47 Å². The molecule has 0 aromatic heterocycles. The molecule has 1 saturated heterocycles. The number of nitrogens with zero attached hydrogens (tertiary/aromatic N) is 1. The van der Waals surface area contributed by atoms with Gasteiger partial charge in [0.2, 0.25) is 0 Å². The molecule has 0 radical (unpaired) electrons. The van der Waals surface area contributed by atoms with E-state index in [-0.39, 0.29) is 12.5 Å². The Labute approximate surface area is 134 Å². The maximum absolute atomic E-state index is 12.7. The zero-order chi connectivity index (χ0) is 16.9. The second kappa shape index (κ2) is 7.88. The second-order valence-corrected chi connectivity index (χ2v) is 5.54. The number of nitrogens with one attached hydrogen (secondary N) is 1. The van der Waals surface area contributed by atoms with Crippen molar-refractivity contribution in [1.82, 2.24) is 10.2 Å².